The fourth-order valence-electron chi connectivity index (χ4n) is 2.38. The van der Waals surface area contributed by atoms with Crippen molar-refractivity contribution in [2.24, 2.45) is 0 Å². The van der Waals surface area contributed by atoms with Crippen molar-refractivity contribution in [3.63, 3.8) is 0 Å². The van der Waals surface area contributed by atoms with Crippen molar-refractivity contribution in [1.82, 2.24) is 9.97 Å². The molecule has 2 heterocycles. The van der Waals surface area contributed by atoms with Gasteiger partial charge in [0.05, 0.1) is 5.69 Å². The maximum Gasteiger partial charge on any atom is 0.266 e. The fraction of sp³-hybridized carbons (Fsp3) is 0.0556. The van der Waals surface area contributed by atoms with Gasteiger partial charge in [0.2, 0.25) is 0 Å². The van der Waals surface area contributed by atoms with Crippen LogP contribution in [0.2, 0.25) is 0 Å². The van der Waals surface area contributed by atoms with Gasteiger partial charge in [0.15, 0.2) is 0 Å². The van der Waals surface area contributed by atoms with Crippen LogP contribution in [0.25, 0.3) is 22.4 Å². The van der Waals surface area contributed by atoms with Gasteiger partial charge in [-0.15, -0.1) is 0 Å². The van der Waals surface area contributed by atoms with E-state index in [0.717, 1.165) is 22.5 Å². The molecule has 3 aromatic rings. The number of rotatable bonds is 2. The summed E-state index contributed by atoms with van der Waals surface area (Å²) in [6.45, 7) is 1.80. The van der Waals surface area contributed by atoms with Crippen LogP contribution in [0.1, 0.15) is 11.3 Å². The highest BCUT2D eigenvalue weighted by atomic mass is 16.1. The second-order valence-electron chi connectivity index (χ2n) is 4.97. The number of aryl methyl sites for hydroxylation is 1. The summed E-state index contributed by atoms with van der Waals surface area (Å²) in [5.74, 6) is 0. The fourth-order valence-corrected chi connectivity index (χ4v) is 2.38. The van der Waals surface area contributed by atoms with Crippen molar-refractivity contribution in [3.8, 4) is 28.5 Å². The SMILES string of the molecule is Cc1cc(-c2ccc(-c3ccccn3)cc2)c(C#N)c(=O)[nH]1. The number of aromatic amines is 1. The van der Waals surface area contributed by atoms with Crippen LogP contribution in [-0.4, -0.2) is 9.97 Å². The number of pyridine rings is 2. The van der Waals surface area contributed by atoms with Gasteiger partial charge in [0.25, 0.3) is 5.56 Å². The van der Waals surface area contributed by atoms with E-state index in [2.05, 4.69) is 9.97 Å². The third-order valence-electron chi connectivity index (χ3n) is 3.44. The van der Waals surface area contributed by atoms with Gasteiger partial charge in [-0.05, 0) is 30.7 Å². The Hall–Kier alpha value is -3.19. The van der Waals surface area contributed by atoms with E-state index in [4.69, 9.17) is 0 Å². The monoisotopic (exact) mass is 287 g/mol. The second kappa shape index (κ2) is 5.66. The van der Waals surface area contributed by atoms with E-state index in [0.29, 0.717) is 5.56 Å². The molecule has 4 heteroatoms. The second-order valence-corrected chi connectivity index (χ2v) is 4.97. The molecule has 106 valence electrons. The first-order valence-electron chi connectivity index (χ1n) is 6.85. The zero-order valence-electron chi connectivity index (χ0n) is 12.0. The molecule has 0 saturated carbocycles. The minimum absolute atomic E-state index is 0.135. The van der Waals surface area contributed by atoms with E-state index < -0.39 is 0 Å². The van der Waals surface area contributed by atoms with Crippen LogP contribution >= 0.6 is 0 Å². The van der Waals surface area contributed by atoms with Crippen molar-refractivity contribution in [2.75, 3.05) is 0 Å². The topological polar surface area (TPSA) is 69.5 Å². The number of hydrogen-bond acceptors (Lipinski definition) is 3. The number of nitrogens with one attached hydrogen (secondary N) is 1. The van der Waals surface area contributed by atoms with E-state index in [1.54, 1.807) is 13.1 Å². The molecule has 0 radical (unpaired) electrons. The molecule has 1 N–H and O–H groups in total. The molecule has 22 heavy (non-hydrogen) atoms. The number of nitrogens with zero attached hydrogens (tertiary/aromatic N) is 2. The first kappa shape index (κ1) is 13.8. The van der Waals surface area contributed by atoms with Crippen LogP contribution in [0.4, 0.5) is 0 Å². The van der Waals surface area contributed by atoms with Gasteiger partial charge in [0.1, 0.15) is 11.6 Å². The number of aromatic nitrogens is 2. The molecule has 0 aliphatic heterocycles. The average molecular weight is 287 g/mol. The molecular weight excluding hydrogens is 274 g/mol. The molecule has 2 aromatic heterocycles. The van der Waals surface area contributed by atoms with Gasteiger partial charge >= 0.3 is 0 Å². The Labute approximate surface area is 127 Å². The Bertz CT molecular complexity index is 904. The van der Waals surface area contributed by atoms with Gasteiger partial charge in [-0.1, -0.05) is 30.3 Å². The first-order chi connectivity index (χ1) is 10.7. The minimum Gasteiger partial charge on any atom is -0.325 e. The zero-order valence-corrected chi connectivity index (χ0v) is 12.0. The Balaban J connectivity index is 2.08. The number of hydrogen-bond donors (Lipinski definition) is 1. The van der Waals surface area contributed by atoms with E-state index in [9.17, 15) is 10.1 Å². The highest BCUT2D eigenvalue weighted by Gasteiger charge is 2.10. The van der Waals surface area contributed by atoms with Crippen molar-refractivity contribution in [2.45, 2.75) is 6.92 Å². The summed E-state index contributed by atoms with van der Waals surface area (Å²) in [6, 6.07) is 17.2. The molecule has 0 amide bonds. The van der Waals surface area contributed by atoms with Crippen molar-refractivity contribution < 1.29 is 0 Å². The molecule has 3 rings (SSSR count). The highest BCUT2D eigenvalue weighted by molar-refractivity contribution is 5.73. The van der Waals surface area contributed by atoms with Crippen LogP contribution in [0.15, 0.2) is 59.5 Å². The van der Waals surface area contributed by atoms with E-state index in [1.807, 2.05) is 54.6 Å². The molecule has 0 fully saturated rings. The summed E-state index contributed by atoms with van der Waals surface area (Å²) in [5.41, 5.74) is 3.87. The largest absolute Gasteiger partial charge is 0.325 e. The van der Waals surface area contributed by atoms with E-state index in [-0.39, 0.29) is 11.1 Å². The Morgan fingerprint density at radius 3 is 2.45 bits per heavy atom. The normalized spacial score (nSPS) is 10.2. The number of H-pyrrole nitrogens is 1. The van der Waals surface area contributed by atoms with Gasteiger partial charge in [-0.25, -0.2) is 0 Å². The molecule has 0 atom stereocenters. The third kappa shape index (κ3) is 2.52. The summed E-state index contributed by atoms with van der Waals surface area (Å²) in [7, 11) is 0. The quantitative estimate of drug-likeness (QED) is 0.786. The predicted molar refractivity (Wildman–Crippen MR) is 85.2 cm³/mol. The predicted octanol–water partition coefficient (Wildman–Crippen LogP) is 3.28. The summed E-state index contributed by atoms with van der Waals surface area (Å²) in [6.07, 6.45) is 1.75. The van der Waals surface area contributed by atoms with E-state index in [1.165, 1.54) is 0 Å². The lowest BCUT2D eigenvalue weighted by Gasteiger charge is -2.07. The summed E-state index contributed by atoms with van der Waals surface area (Å²) in [5, 5.41) is 9.20. The van der Waals surface area contributed by atoms with Crippen LogP contribution in [-0.2, 0) is 0 Å². The molecule has 0 spiro atoms. The molecule has 4 nitrogen and oxygen atoms in total. The maximum atomic E-state index is 11.9. The standard InChI is InChI=1S/C18H13N3O/c1-12-10-15(16(11-19)18(22)21-12)13-5-7-14(8-6-13)17-4-2-3-9-20-17/h2-10H,1H3,(H,21,22). The lowest BCUT2D eigenvalue weighted by atomic mass is 9.99. The highest BCUT2D eigenvalue weighted by Crippen LogP contribution is 2.25. The van der Waals surface area contributed by atoms with E-state index >= 15 is 0 Å². The maximum absolute atomic E-state index is 11.9. The van der Waals surface area contributed by atoms with Crippen LogP contribution in [0, 0.1) is 18.3 Å². The Morgan fingerprint density at radius 1 is 1.09 bits per heavy atom. The van der Waals surface area contributed by atoms with Gasteiger partial charge in [-0.3, -0.25) is 9.78 Å². The van der Waals surface area contributed by atoms with Gasteiger partial charge < -0.3 is 4.98 Å². The smallest absolute Gasteiger partial charge is 0.266 e. The summed E-state index contributed by atoms with van der Waals surface area (Å²) in [4.78, 5) is 18.8. The van der Waals surface area contributed by atoms with Crippen LogP contribution < -0.4 is 5.56 Å². The molecule has 0 bridgehead atoms. The van der Waals surface area contributed by atoms with Crippen molar-refractivity contribution in [3.05, 3.63) is 76.3 Å². The first-order valence-corrected chi connectivity index (χ1v) is 6.85. The lowest BCUT2D eigenvalue weighted by Crippen LogP contribution is -2.12. The lowest BCUT2D eigenvalue weighted by molar-refractivity contribution is 1.13. The van der Waals surface area contributed by atoms with Crippen LogP contribution in [0.3, 0.4) is 0 Å². The van der Waals surface area contributed by atoms with Crippen molar-refractivity contribution >= 4 is 0 Å². The minimum atomic E-state index is -0.355. The number of nitriles is 1. The summed E-state index contributed by atoms with van der Waals surface area (Å²) >= 11 is 0. The molecule has 0 aliphatic rings. The molecule has 0 aliphatic carbocycles. The zero-order chi connectivity index (χ0) is 15.5. The molecule has 0 saturated heterocycles. The molecule has 0 unspecified atom stereocenters. The number of benzene rings is 1. The van der Waals surface area contributed by atoms with Crippen LogP contribution in [0.5, 0.6) is 0 Å². The van der Waals surface area contributed by atoms with Gasteiger partial charge in [-0.2, -0.15) is 5.26 Å². The van der Waals surface area contributed by atoms with Gasteiger partial charge in [0, 0.05) is 23.0 Å². The Kier molecular flexibility index (Phi) is 3.55. The summed E-state index contributed by atoms with van der Waals surface area (Å²) < 4.78 is 0. The third-order valence-corrected chi connectivity index (χ3v) is 3.44. The average Bonchev–Trinajstić information content (AvgIpc) is 2.55. The molecule has 1 aromatic carbocycles. The van der Waals surface area contributed by atoms with Crippen molar-refractivity contribution in [1.29, 1.82) is 5.26 Å². The molecular formula is C18H13N3O. The Morgan fingerprint density at radius 2 is 1.82 bits per heavy atom.